The van der Waals surface area contributed by atoms with E-state index in [4.69, 9.17) is 5.73 Å². The van der Waals surface area contributed by atoms with Crippen LogP contribution in [0.15, 0.2) is 29.6 Å². The number of nitrogens with zero attached hydrogens (tertiary/aromatic N) is 4. The molecule has 2 rings (SSSR count). The topological polar surface area (TPSA) is 69.6 Å². The van der Waals surface area contributed by atoms with Crippen LogP contribution in [0.4, 0.5) is 5.82 Å². The van der Waals surface area contributed by atoms with Gasteiger partial charge in [0.05, 0.1) is 11.1 Å². The fourth-order valence-corrected chi connectivity index (χ4v) is 1.84. The molecule has 2 aromatic rings. The quantitative estimate of drug-likeness (QED) is 0.792. The van der Waals surface area contributed by atoms with E-state index in [0.717, 1.165) is 10.6 Å². The van der Waals surface area contributed by atoms with Gasteiger partial charge in [0.15, 0.2) is 0 Å². The lowest BCUT2D eigenvalue weighted by atomic mass is 10.6. The monoisotopic (exact) mass is 221 g/mol. The van der Waals surface area contributed by atoms with E-state index in [1.54, 1.807) is 36.4 Å². The Hall–Kier alpha value is -1.56. The number of thioether (sulfide) groups is 1. The van der Waals surface area contributed by atoms with Gasteiger partial charge < -0.3 is 5.73 Å². The van der Waals surface area contributed by atoms with Gasteiger partial charge >= 0.3 is 0 Å². The molecule has 0 bridgehead atoms. The number of aromatic nitrogens is 4. The molecule has 0 aliphatic carbocycles. The molecule has 0 fully saturated rings. The van der Waals surface area contributed by atoms with Crippen molar-refractivity contribution in [3.05, 3.63) is 24.7 Å². The summed E-state index contributed by atoms with van der Waals surface area (Å²) in [7, 11) is 0. The minimum atomic E-state index is 0.498. The number of nitrogens with two attached hydrogens (primary N) is 1. The molecule has 0 saturated carbocycles. The lowest BCUT2D eigenvalue weighted by Crippen LogP contribution is -2.05. The summed E-state index contributed by atoms with van der Waals surface area (Å²) in [5.41, 5.74) is 5.92. The zero-order chi connectivity index (χ0) is 10.7. The van der Waals surface area contributed by atoms with Gasteiger partial charge in [0.25, 0.3) is 5.95 Å². The third-order valence-corrected chi connectivity index (χ3v) is 2.73. The van der Waals surface area contributed by atoms with Crippen molar-refractivity contribution in [3.8, 4) is 5.95 Å². The van der Waals surface area contributed by atoms with Crippen LogP contribution in [-0.2, 0) is 0 Å². The maximum absolute atomic E-state index is 5.92. The Balaban J connectivity index is 2.38. The van der Waals surface area contributed by atoms with Crippen LogP contribution in [0.25, 0.3) is 5.95 Å². The predicted octanol–water partition coefficient (Wildman–Crippen LogP) is 1.36. The standard InChI is InChI=1S/C9H11N5S/c1-2-15-7-6-13-14(8(7)10)9-11-4-3-5-12-9/h3-6H,2,10H2,1H3. The highest BCUT2D eigenvalue weighted by Crippen LogP contribution is 2.25. The second kappa shape index (κ2) is 4.31. The van der Waals surface area contributed by atoms with Gasteiger partial charge in [-0.05, 0) is 11.8 Å². The van der Waals surface area contributed by atoms with E-state index in [2.05, 4.69) is 22.0 Å². The maximum atomic E-state index is 5.92. The van der Waals surface area contributed by atoms with Crippen molar-refractivity contribution in [3.63, 3.8) is 0 Å². The third kappa shape index (κ3) is 1.94. The molecule has 5 nitrogen and oxygen atoms in total. The van der Waals surface area contributed by atoms with Crippen molar-refractivity contribution >= 4 is 17.6 Å². The summed E-state index contributed by atoms with van der Waals surface area (Å²) in [6.45, 7) is 2.07. The number of hydrogen-bond donors (Lipinski definition) is 1. The van der Waals surface area contributed by atoms with Gasteiger partial charge in [-0.1, -0.05) is 6.92 Å². The summed E-state index contributed by atoms with van der Waals surface area (Å²) in [6.07, 6.45) is 5.06. The highest BCUT2D eigenvalue weighted by Gasteiger charge is 2.09. The molecule has 2 aromatic heterocycles. The van der Waals surface area contributed by atoms with E-state index < -0.39 is 0 Å². The number of nitrogen functional groups attached to an aromatic ring is 1. The Morgan fingerprint density at radius 1 is 1.40 bits per heavy atom. The van der Waals surface area contributed by atoms with Crippen LogP contribution in [0, 0.1) is 0 Å². The van der Waals surface area contributed by atoms with E-state index in [-0.39, 0.29) is 0 Å². The minimum Gasteiger partial charge on any atom is -0.383 e. The zero-order valence-electron chi connectivity index (χ0n) is 8.29. The van der Waals surface area contributed by atoms with Crippen molar-refractivity contribution in [2.24, 2.45) is 0 Å². The first-order valence-corrected chi connectivity index (χ1v) is 5.55. The van der Waals surface area contributed by atoms with Gasteiger partial charge in [-0.25, -0.2) is 9.97 Å². The average Bonchev–Trinajstić information content (AvgIpc) is 2.63. The molecular formula is C9H11N5S. The zero-order valence-corrected chi connectivity index (χ0v) is 9.11. The molecule has 0 aromatic carbocycles. The van der Waals surface area contributed by atoms with Crippen molar-refractivity contribution in [1.82, 2.24) is 19.7 Å². The summed E-state index contributed by atoms with van der Waals surface area (Å²) < 4.78 is 1.54. The van der Waals surface area contributed by atoms with Gasteiger partial charge in [-0.2, -0.15) is 9.78 Å². The van der Waals surface area contributed by atoms with Crippen molar-refractivity contribution in [2.75, 3.05) is 11.5 Å². The molecule has 78 valence electrons. The van der Waals surface area contributed by atoms with Crippen LogP contribution in [0.5, 0.6) is 0 Å². The highest BCUT2D eigenvalue weighted by atomic mass is 32.2. The SMILES string of the molecule is CCSc1cnn(-c2ncccn2)c1N. The Morgan fingerprint density at radius 3 is 2.80 bits per heavy atom. The lowest BCUT2D eigenvalue weighted by Gasteiger charge is -2.01. The van der Waals surface area contributed by atoms with Crippen LogP contribution >= 0.6 is 11.8 Å². The predicted molar refractivity (Wildman–Crippen MR) is 60.0 cm³/mol. The Labute approximate surface area is 91.7 Å². The number of hydrogen-bond acceptors (Lipinski definition) is 5. The fourth-order valence-electron chi connectivity index (χ4n) is 1.17. The fraction of sp³-hybridized carbons (Fsp3) is 0.222. The van der Waals surface area contributed by atoms with E-state index in [1.807, 2.05) is 0 Å². The molecular weight excluding hydrogens is 210 g/mol. The third-order valence-electron chi connectivity index (χ3n) is 1.81. The smallest absolute Gasteiger partial charge is 0.252 e. The minimum absolute atomic E-state index is 0.498. The normalized spacial score (nSPS) is 10.5. The summed E-state index contributed by atoms with van der Waals surface area (Å²) in [5, 5.41) is 4.15. The van der Waals surface area contributed by atoms with Crippen LogP contribution < -0.4 is 5.73 Å². The van der Waals surface area contributed by atoms with Crippen molar-refractivity contribution < 1.29 is 0 Å². The maximum Gasteiger partial charge on any atom is 0.252 e. The first-order valence-electron chi connectivity index (χ1n) is 4.56. The lowest BCUT2D eigenvalue weighted by molar-refractivity contribution is 0.817. The molecule has 0 radical (unpaired) electrons. The number of rotatable bonds is 3. The Morgan fingerprint density at radius 2 is 2.13 bits per heavy atom. The van der Waals surface area contributed by atoms with Crippen LogP contribution in [0.1, 0.15) is 6.92 Å². The second-order valence-electron chi connectivity index (χ2n) is 2.79. The van der Waals surface area contributed by atoms with Crippen LogP contribution in [0.2, 0.25) is 0 Å². The van der Waals surface area contributed by atoms with Crippen LogP contribution in [0.3, 0.4) is 0 Å². The average molecular weight is 221 g/mol. The largest absolute Gasteiger partial charge is 0.383 e. The molecule has 6 heteroatoms. The molecule has 0 unspecified atom stereocenters. The van der Waals surface area contributed by atoms with Gasteiger partial charge in [-0.3, -0.25) is 0 Å². The summed E-state index contributed by atoms with van der Waals surface area (Å²) >= 11 is 1.65. The molecule has 0 amide bonds. The van der Waals surface area contributed by atoms with E-state index in [1.165, 1.54) is 4.68 Å². The van der Waals surface area contributed by atoms with E-state index >= 15 is 0 Å². The van der Waals surface area contributed by atoms with Gasteiger partial charge in [-0.15, -0.1) is 11.8 Å². The molecule has 2 heterocycles. The van der Waals surface area contributed by atoms with Gasteiger partial charge in [0.2, 0.25) is 0 Å². The first-order chi connectivity index (χ1) is 7.33. The van der Waals surface area contributed by atoms with Gasteiger partial charge in [0.1, 0.15) is 5.82 Å². The molecule has 0 saturated heterocycles. The molecule has 0 spiro atoms. The van der Waals surface area contributed by atoms with Gasteiger partial charge in [0, 0.05) is 12.4 Å². The number of anilines is 1. The molecule has 0 aliphatic rings. The van der Waals surface area contributed by atoms with Crippen molar-refractivity contribution in [2.45, 2.75) is 11.8 Å². The Bertz CT molecular complexity index is 439. The summed E-state index contributed by atoms with van der Waals surface area (Å²) in [5.74, 6) is 2.05. The second-order valence-corrected chi connectivity index (χ2v) is 4.09. The molecule has 2 N–H and O–H groups in total. The summed E-state index contributed by atoms with van der Waals surface area (Å²) in [6, 6.07) is 1.75. The first kappa shape index (κ1) is 9.97. The molecule has 0 atom stereocenters. The highest BCUT2D eigenvalue weighted by molar-refractivity contribution is 7.99. The van der Waals surface area contributed by atoms with E-state index in [9.17, 15) is 0 Å². The van der Waals surface area contributed by atoms with Crippen LogP contribution in [-0.4, -0.2) is 25.5 Å². The van der Waals surface area contributed by atoms with E-state index in [0.29, 0.717) is 11.8 Å². The molecule has 15 heavy (non-hydrogen) atoms. The summed E-state index contributed by atoms with van der Waals surface area (Å²) in [4.78, 5) is 9.13. The van der Waals surface area contributed by atoms with Crippen molar-refractivity contribution in [1.29, 1.82) is 0 Å². The Kier molecular flexibility index (Phi) is 2.86. The molecule has 0 aliphatic heterocycles.